The molecule has 0 aromatic heterocycles. The average molecular weight is 306 g/mol. The number of rotatable bonds is 5. The third-order valence-corrected chi connectivity index (χ3v) is 3.95. The van der Waals surface area contributed by atoms with Crippen molar-refractivity contribution in [3.05, 3.63) is 48.5 Å². The predicted molar refractivity (Wildman–Crippen MR) is 78.1 cm³/mol. The Labute approximate surface area is 122 Å². The number of carbonyl (C=O) groups is 1. The van der Waals surface area contributed by atoms with Crippen molar-refractivity contribution < 1.29 is 23.1 Å². The minimum absolute atomic E-state index is 0.223. The SMILES string of the molecule is CS(=O)(=O)c1ccccc1-c1cccc(OCC(=O)O)c1. The molecule has 2 aromatic carbocycles. The molecule has 110 valence electrons. The van der Waals surface area contributed by atoms with Crippen LogP contribution in [0.25, 0.3) is 11.1 Å². The fraction of sp³-hybridized carbons (Fsp3) is 0.133. The highest BCUT2D eigenvalue weighted by molar-refractivity contribution is 7.90. The van der Waals surface area contributed by atoms with Crippen molar-refractivity contribution in [3.8, 4) is 16.9 Å². The number of aliphatic carboxylic acids is 1. The summed E-state index contributed by atoms with van der Waals surface area (Å²) in [5.41, 5.74) is 1.21. The van der Waals surface area contributed by atoms with Crippen molar-refractivity contribution >= 4 is 15.8 Å². The Kier molecular flexibility index (Phi) is 4.28. The van der Waals surface area contributed by atoms with E-state index in [4.69, 9.17) is 9.84 Å². The van der Waals surface area contributed by atoms with Gasteiger partial charge in [-0.3, -0.25) is 0 Å². The molecule has 0 fully saturated rings. The summed E-state index contributed by atoms with van der Waals surface area (Å²) >= 11 is 0. The van der Waals surface area contributed by atoms with E-state index in [1.165, 1.54) is 6.07 Å². The van der Waals surface area contributed by atoms with Crippen LogP contribution in [0.5, 0.6) is 5.75 Å². The van der Waals surface area contributed by atoms with Gasteiger partial charge in [0.2, 0.25) is 0 Å². The zero-order valence-corrected chi connectivity index (χ0v) is 12.1. The molecule has 0 amide bonds. The maximum atomic E-state index is 11.8. The fourth-order valence-electron chi connectivity index (χ4n) is 1.93. The second kappa shape index (κ2) is 5.97. The lowest BCUT2D eigenvalue weighted by Gasteiger charge is -2.10. The van der Waals surface area contributed by atoms with E-state index in [9.17, 15) is 13.2 Å². The van der Waals surface area contributed by atoms with Gasteiger partial charge in [0.25, 0.3) is 0 Å². The van der Waals surface area contributed by atoms with Crippen LogP contribution in [-0.4, -0.2) is 32.4 Å². The number of benzene rings is 2. The number of hydrogen-bond acceptors (Lipinski definition) is 4. The smallest absolute Gasteiger partial charge is 0.341 e. The first kappa shape index (κ1) is 15.1. The van der Waals surface area contributed by atoms with Gasteiger partial charge in [-0.05, 0) is 23.8 Å². The topological polar surface area (TPSA) is 80.7 Å². The van der Waals surface area contributed by atoms with E-state index < -0.39 is 22.4 Å². The molecule has 0 atom stereocenters. The van der Waals surface area contributed by atoms with Crippen LogP contribution in [0, 0.1) is 0 Å². The zero-order chi connectivity index (χ0) is 15.5. The Morgan fingerprint density at radius 2 is 1.86 bits per heavy atom. The highest BCUT2D eigenvalue weighted by Crippen LogP contribution is 2.29. The summed E-state index contributed by atoms with van der Waals surface area (Å²) in [4.78, 5) is 10.7. The number of hydrogen-bond donors (Lipinski definition) is 1. The number of carboxylic acids is 1. The van der Waals surface area contributed by atoms with E-state index in [-0.39, 0.29) is 4.90 Å². The standard InChI is InChI=1S/C15H14O5S/c1-21(18,19)14-8-3-2-7-13(14)11-5-4-6-12(9-11)20-10-15(16)17/h2-9H,10H2,1H3,(H,16,17). The summed E-state index contributed by atoms with van der Waals surface area (Å²) in [7, 11) is -3.36. The van der Waals surface area contributed by atoms with Crippen LogP contribution in [0.3, 0.4) is 0 Å². The molecular formula is C15H14O5S. The highest BCUT2D eigenvalue weighted by Gasteiger charge is 2.14. The third kappa shape index (κ3) is 3.82. The van der Waals surface area contributed by atoms with E-state index in [2.05, 4.69) is 0 Å². The molecule has 0 saturated carbocycles. The summed E-state index contributed by atoms with van der Waals surface area (Å²) in [6, 6.07) is 13.3. The Hall–Kier alpha value is -2.34. The molecule has 5 nitrogen and oxygen atoms in total. The monoisotopic (exact) mass is 306 g/mol. The Balaban J connectivity index is 2.44. The van der Waals surface area contributed by atoms with Crippen molar-refractivity contribution in [2.24, 2.45) is 0 Å². The van der Waals surface area contributed by atoms with E-state index >= 15 is 0 Å². The lowest BCUT2D eigenvalue weighted by molar-refractivity contribution is -0.139. The first-order chi connectivity index (χ1) is 9.88. The number of sulfone groups is 1. The van der Waals surface area contributed by atoms with Gasteiger partial charge in [0.05, 0.1) is 4.90 Å². The molecule has 1 N–H and O–H groups in total. The maximum Gasteiger partial charge on any atom is 0.341 e. The van der Waals surface area contributed by atoms with Crippen molar-refractivity contribution in [1.82, 2.24) is 0 Å². The first-order valence-corrected chi connectivity index (χ1v) is 8.01. The Bertz CT molecular complexity index is 765. The molecule has 0 aliphatic rings. The molecule has 2 aromatic rings. The van der Waals surface area contributed by atoms with Gasteiger partial charge < -0.3 is 9.84 Å². The lowest BCUT2D eigenvalue weighted by atomic mass is 10.1. The molecule has 0 heterocycles. The molecule has 0 aliphatic heterocycles. The number of ether oxygens (including phenoxy) is 1. The van der Waals surface area contributed by atoms with Gasteiger partial charge in [-0.15, -0.1) is 0 Å². The summed E-state index contributed by atoms with van der Waals surface area (Å²) in [5.74, 6) is -0.699. The molecule has 0 aliphatic carbocycles. The molecular weight excluding hydrogens is 292 g/mol. The second-order valence-corrected chi connectivity index (χ2v) is 6.46. The molecule has 0 bridgehead atoms. The lowest BCUT2D eigenvalue weighted by Crippen LogP contribution is -2.09. The largest absolute Gasteiger partial charge is 0.482 e. The summed E-state index contributed by atoms with van der Waals surface area (Å²) in [6.07, 6.45) is 1.15. The molecule has 0 unspecified atom stereocenters. The summed E-state index contributed by atoms with van der Waals surface area (Å²) in [6.45, 7) is -0.447. The van der Waals surface area contributed by atoms with Crippen molar-refractivity contribution in [1.29, 1.82) is 0 Å². The van der Waals surface area contributed by atoms with Crippen molar-refractivity contribution in [2.45, 2.75) is 4.90 Å². The highest BCUT2D eigenvalue weighted by atomic mass is 32.2. The van der Waals surface area contributed by atoms with Crippen molar-refractivity contribution in [3.63, 3.8) is 0 Å². The van der Waals surface area contributed by atoms with Gasteiger partial charge in [0.15, 0.2) is 16.4 Å². The summed E-state index contributed by atoms with van der Waals surface area (Å²) in [5, 5.41) is 8.61. The normalized spacial score (nSPS) is 11.1. The van der Waals surface area contributed by atoms with Gasteiger partial charge in [0, 0.05) is 11.8 Å². The minimum Gasteiger partial charge on any atom is -0.482 e. The van der Waals surface area contributed by atoms with E-state index in [1.807, 2.05) is 0 Å². The van der Waals surface area contributed by atoms with E-state index in [0.717, 1.165) is 6.26 Å². The maximum absolute atomic E-state index is 11.8. The quantitative estimate of drug-likeness (QED) is 0.916. The van der Waals surface area contributed by atoms with Gasteiger partial charge in [-0.2, -0.15) is 0 Å². The average Bonchev–Trinajstić information content (AvgIpc) is 2.44. The second-order valence-electron chi connectivity index (χ2n) is 4.48. The third-order valence-electron chi connectivity index (χ3n) is 2.79. The predicted octanol–water partition coefficient (Wildman–Crippen LogP) is 2.22. The molecule has 6 heteroatoms. The molecule has 0 radical (unpaired) electrons. The number of carboxylic acid groups (broad SMARTS) is 1. The molecule has 0 saturated heterocycles. The van der Waals surface area contributed by atoms with Gasteiger partial charge in [-0.25, -0.2) is 13.2 Å². The van der Waals surface area contributed by atoms with Gasteiger partial charge in [-0.1, -0.05) is 30.3 Å². The van der Waals surface area contributed by atoms with Crippen LogP contribution in [0.15, 0.2) is 53.4 Å². The van der Waals surface area contributed by atoms with Crippen LogP contribution in [-0.2, 0) is 14.6 Å². The Morgan fingerprint density at radius 3 is 2.52 bits per heavy atom. The first-order valence-electron chi connectivity index (χ1n) is 6.12. The van der Waals surface area contributed by atoms with Gasteiger partial charge >= 0.3 is 5.97 Å². The van der Waals surface area contributed by atoms with Crippen LogP contribution in [0.1, 0.15) is 0 Å². The van der Waals surface area contributed by atoms with Crippen LogP contribution >= 0.6 is 0 Å². The van der Waals surface area contributed by atoms with Crippen LogP contribution < -0.4 is 4.74 Å². The summed E-state index contributed by atoms with van der Waals surface area (Å²) < 4.78 is 28.7. The molecule has 21 heavy (non-hydrogen) atoms. The van der Waals surface area contributed by atoms with Crippen LogP contribution in [0.4, 0.5) is 0 Å². The van der Waals surface area contributed by atoms with E-state index in [1.54, 1.807) is 42.5 Å². The molecule has 2 rings (SSSR count). The zero-order valence-electron chi connectivity index (χ0n) is 11.3. The van der Waals surface area contributed by atoms with E-state index in [0.29, 0.717) is 16.9 Å². The van der Waals surface area contributed by atoms with Crippen molar-refractivity contribution in [2.75, 3.05) is 12.9 Å². The fourth-order valence-corrected chi connectivity index (χ4v) is 2.84. The van der Waals surface area contributed by atoms with Crippen LogP contribution in [0.2, 0.25) is 0 Å². The Morgan fingerprint density at radius 1 is 1.14 bits per heavy atom. The van der Waals surface area contributed by atoms with Gasteiger partial charge in [0.1, 0.15) is 5.75 Å². The minimum atomic E-state index is -3.36. The molecule has 0 spiro atoms.